The zero-order chi connectivity index (χ0) is 55.3. The number of fused-ring (bicyclic) bond motifs is 6. The minimum absolute atomic E-state index is 0.0220. The van der Waals surface area contributed by atoms with Crippen LogP contribution in [0.5, 0.6) is 0 Å². The minimum Gasteiger partial charge on any atom is -0.311 e. The third-order valence-corrected chi connectivity index (χ3v) is 18.7. The lowest BCUT2D eigenvalue weighted by molar-refractivity contribution is 0.332. The van der Waals surface area contributed by atoms with Gasteiger partial charge in [0.25, 0.3) is 6.71 Å². The lowest BCUT2D eigenvalue weighted by Crippen LogP contribution is -2.62. The van der Waals surface area contributed by atoms with Gasteiger partial charge in [0.15, 0.2) is 0 Å². The van der Waals surface area contributed by atoms with Gasteiger partial charge in [0.2, 0.25) is 0 Å². The fourth-order valence-electron chi connectivity index (χ4n) is 13.7. The van der Waals surface area contributed by atoms with Crippen LogP contribution in [-0.2, 0) is 32.5 Å². The van der Waals surface area contributed by atoms with E-state index in [1.54, 1.807) is 0 Å². The zero-order valence-corrected chi connectivity index (χ0v) is 46.9. The van der Waals surface area contributed by atoms with E-state index in [9.17, 15) is 4.11 Å². The molecular weight excluding hydrogens is 904 g/mol. The Balaban J connectivity index is 1.27. The molecular formula is C72H77BN2. The molecule has 4 aliphatic rings. The topological polar surface area (TPSA) is 6.48 Å². The molecule has 75 heavy (non-hydrogen) atoms. The number of hydrogen-bond donors (Lipinski definition) is 0. The molecule has 3 heteroatoms. The Bertz CT molecular complexity index is 3630. The molecule has 0 atom stereocenters. The molecule has 0 saturated heterocycles. The van der Waals surface area contributed by atoms with Gasteiger partial charge in [0, 0.05) is 49.1 Å². The molecule has 0 bridgehead atoms. The molecule has 8 aromatic rings. The number of rotatable bonds is 6. The fraction of sp³-hybridized carbons (Fsp3) is 0.333. The Kier molecular flexibility index (Phi) is 10.4. The monoisotopic (exact) mass is 984 g/mol. The summed E-state index contributed by atoms with van der Waals surface area (Å²) in [5.41, 5.74) is 23.0. The molecule has 0 amide bonds. The van der Waals surface area contributed by atoms with Crippen molar-refractivity contribution in [2.24, 2.45) is 0 Å². The molecule has 0 fully saturated rings. The minimum atomic E-state index is -2.42. The first-order valence-electron chi connectivity index (χ1n) is 29.3. The first-order chi connectivity index (χ1) is 36.7. The zero-order valence-electron chi connectivity index (χ0n) is 49.9. The summed E-state index contributed by atoms with van der Waals surface area (Å²) in [6.07, 6.45) is 4.38. The van der Waals surface area contributed by atoms with Crippen molar-refractivity contribution in [3.63, 3.8) is 0 Å². The fourth-order valence-corrected chi connectivity index (χ4v) is 13.7. The maximum atomic E-state index is 9.43. The normalized spacial score (nSPS) is 18.4. The van der Waals surface area contributed by atoms with Crippen molar-refractivity contribution in [1.82, 2.24) is 0 Å². The summed E-state index contributed by atoms with van der Waals surface area (Å²) in [6, 6.07) is 61.1. The molecule has 378 valence electrons. The number of hydrogen-bond acceptors (Lipinski definition) is 2. The van der Waals surface area contributed by atoms with Crippen LogP contribution in [0.4, 0.5) is 34.1 Å². The predicted octanol–water partition coefficient (Wildman–Crippen LogP) is 17.7. The SMILES string of the molecule is [2H]C([2H])([2H])c1cc2c3c(c1)N(c1c(-c4ccccc4)cc(C(C)(C)C)cc1-c1ccccc1)c1ccc(C(C)(C)c4ccccc4)cc1B3c1cc3c(cc1N2c1ccc2c(c1)C(C)(C)CCC2(C)C)C(C)(C)CCC3(C)C. The highest BCUT2D eigenvalue weighted by molar-refractivity contribution is 7.00. The highest BCUT2D eigenvalue weighted by Gasteiger charge is 2.48. The van der Waals surface area contributed by atoms with Crippen LogP contribution in [0.25, 0.3) is 22.3 Å². The summed E-state index contributed by atoms with van der Waals surface area (Å²) < 4.78 is 28.3. The second-order valence-electron chi connectivity index (χ2n) is 26.9. The van der Waals surface area contributed by atoms with Crippen molar-refractivity contribution in [3.05, 3.63) is 208 Å². The van der Waals surface area contributed by atoms with E-state index in [4.69, 9.17) is 0 Å². The largest absolute Gasteiger partial charge is 0.311 e. The average molecular weight is 984 g/mol. The second-order valence-corrected chi connectivity index (χ2v) is 26.9. The maximum Gasteiger partial charge on any atom is 0.252 e. The summed E-state index contributed by atoms with van der Waals surface area (Å²) in [5, 5.41) is 0. The first-order valence-corrected chi connectivity index (χ1v) is 27.8. The number of nitrogens with zero attached hydrogens (tertiary/aromatic N) is 2. The van der Waals surface area contributed by atoms with E-state index in [2.05, 4.69) is 251 Å². The van der Waals surface area contributed by atoms with Crippen molar-refractivity contribution < 1.29 is 4.11 Å². The van der Waals surface area contributed by atoms with Crippen LogP contribution in [0.2, 0.25) is 0 Å². The van der Waals surface area contributed by atoms with Gasteiger partial charge in [-0.2, -0.15) is 0 Å². The van der Waals surface area contributed by atoms with Gasteiger partial charge in [-0.1, -0.05) is 205 Å². The van der Waals surface area contributed by atoms with Gasteiger partial charge in [0.05, 0.1) is 5.69 Å². The van der Waals surface area contributed by atoms with Crippen molar-refractivity contribution in [2.75, 3.05) is 9.80 Å². The predicted molar refractivity (Wildman–Crippen MR) is 324 cm³/mol. The lowest BCUT2D eigenvalue weighted by atomic mass is 9.33. The quantitative estimate of drug-likeness (QED) is 0.153. The van der Waals surface area contributed by atoms with Crippen LogP contribution >= 0.6 is 0 Å². The third-order valence-electron chi connectivity index (χ3n) is 18.7. The molecule has 0 saturated carbocycles. The maximum absolute atomic E-state index is 9.43. The summed E-state index contributed by atoms with van der Waals surface area (Å²) in [4.78, 5) is 4.99. The van der Waals surface area contributed by atoms with E-state index < -0.39 is 6.85 Å². The smallest absolute Gasteiger partial charge is 0.252 e. The molecule has 0 radical (unpaired) electrons. The molecule has 8 aromatic carbocycles. The third kappa shape index (κ3) is 7.88. The van der Waals surface area contributed by atoms with Crippen LogP contribution in [0, 0.1) is 6.85 Å². The van der Waals surface area contributed by atoms with Gasteiger partial charge >= 0.3 is 0 Å². The molecule has 0 spiro atoms. The van der Waals surface area contributed by atoms with Gasteiger partial charge in [-0.3, -0.25) is 0 Å². The van der Waals surface area contributed by atoms with Crippen molar-refractivity contribution in [2.45, 2.75) is 155 Å². The Morgan fingerprint density at radius 2 is 0.920 bits per heavy atom. The van der Waals surface area contributed by atoms with E-state index in [1.165, 1.54) is 49.9 Å². The van der Waals surface area contributed by atoms with Gasteiger partial charge in [0.1, 0.15) is 0 Å². The number of aryl methyl sites for hydroxylation is 1. The van der Waals surface area contributed by atoms with Crippen LogP contribution in [-0.4, -0.2) is 6.71 Å². The van der Waals surface area contributed by atoms with E-state index in [0.717, 1.165) is 87.5 Å². The number of anilines is 6. The Morgan fingerprint density at radius 3 is 1.47 bits per heavy atom. The molecule has 0 aromatic heterocycles. The van der Waals surface area contributed by atoms with Crippen LogP contribution in [0.1, 0.15) is 164 Å². The summed E-state index contributed by atoms with van der Waals surface area (Å²) in [6.45, 7) is 28.3. The Labute approximate surface area is 454 Å². The highest BCUT2D eigenvalue weighted by Crippen LogP contribution is 2.55. The van der Waals surface area contributed by atoms with Crippen molar-refractivity contribution >= 4 is 57.2 Å². The van der Waals surface area contributed by atoms with E-state index in [0.29, 0.717) is 5.56 Å². The molecule has 2 aliphatic heterocycles. The molecule has 0 N–H and O–H groups in total. The van der Waals surface area contributed by atoms with Crippen molar-refractivity contribution in [3.8, 4) is 22.3 Å². The van der Waals surface area contributed by atoms with Gasteiger partial charge in [-0.15, -0.1) is 0 Å². The first kappa shape index (κ1) is 45.8. The lowest BCUT2D eigenvalue weighted by Gasteiger charge is -2.48. The Hall–Kier alpha value is -6.58. The summed E-state index contributed by atoms with van der Waals surface area (Å²) >= 11 is 0. The van der Waals surface area contributed by atoms with Crippen LogP contribution < -0.4 is 26.2 Å². The molecule has 2 nitrogen and oxygen atoms in total. The molecule has 2 heterocycles. The average Bonchev–Trinajstić information content (AvgIpc) is 3.01. The van der Waals surface area contributed by atoms with Gasteiger partial charge in [-0.05, 0) is 180 Å². The molecule has 0 unspecified atom stereocenters. The van der Waals surface area contributed by atoms with Gasteiger partial charge in [-0.25, -0.2) is 0 Å². The van der Waals surface area contributed by atoms with Crippen molar-refractivity contribution in [1.29, 1.82) is 0 Å². The molecule has 2 aliphatic carbocycles. The van der Waals surface area contributed by atoms with Gasteiger partial charge < -0.3 is 9.80 Å². The summed E-state index contributed by atoms with van der Waals surface area (Å²) in [7, 11) is 0. The van der Waals surface area contributed by atoms with E-state index >= 15 is 0 Å². The Morgan fingerprint density at radius 1 is 0.427 bits per heavy atom. The highest BCUT2D eigenvalue weighted by atomic mass is 15.2. The summed E-state index contributed by atoms with van der Waals surface area (Å²) in [5.74, 6) is 0. The number of benzene rings is 8. The van der Waals surface area contributed by atoms with E-state index in [-0.39, 0.29) is 39.2 Å². The molecule has 12 rings (SSSR count). The second kappa shape index (κ2) is 17.0. The van der Waals surface area contributed by atoms with Crippen LogP contribution in [0.15, 0.2) is 164 Å². The van der Waals surface area contributed by atoms with E-state index in [1.807, 2.05) is 12.1 Å². The van der Waals surface area contributed by atoms with Crippen LogP contribution in [0.3, 0.4) is 0 Å². The standard InChI is InChI=1S/C72H77BN2/c1-46-38-63-65-64(39-46)75(66-53(47-24-18-15-19-25-47)40-51(67(2,3)4)41-54(66)48-26-20-16-21-27-48)61-33-30-50(72(13,14)49-28-22-17-23-29-49)42-59(61)73(65)60-44-57-58(71(11,12)37-36-70(57,9)10)45-62(60)74(63)52-31-32-55-56(43-52)69(7,8)35-34-68(55,5)6/h15-33,38-45H,34-37H2,1-14H3/i1D3.